The number of nitrogens with zero attached hydrogens (tertiary/aromatic N) is 3. The van der Waals surface area contributed by atoms with Gasteiger partial charge in [-0.15, -0.1) is 0 Å². The van der Waals surface area contributed by atoms with Crippen molar-refractivity contribution in [3.8, 4) is 17.4 Å². The molecule has 0 bridgehead atoms. The van der Waals surface area contributed by atoms with Crippen LogP contribution in [-0.4, -0.2) is 23.0 Å². The molecule has 0 radical (unpaired) electrons. The van der Waals surface area contributed by atoms with E-state index >= 15 is 0 Å². The molecule has 10 nitrogen and oxygen atoms in total. The highest BCUT2D eigenvalue weighted by molar-refractivity contribution is 6.39. The van der Waals surface area contributed by atoms with E-state index in [2.05, 4.69) is 15.8 Å². The lowest BCUT2D eigenvalue weighted by atomic mass is 10.1. The zero-order valence-electron chi connectivity index (χ0n) is 16.9. The smallest absolute Gasteiger partial charge is 0.329 e. The van der Waals surface area contributed by atoms with Crippen LogP contribution in [-0.2, 0) is 16.0 Å². The average Bonchev–Trinajstić information content (AvgIpc) is 3.23. The van der Waals surface area contributed by atoms with Gasteiger partial charge in [0.25, 0.3) is 5.69 Å². The summed E-state index contributed by atoms with van der Waals surface area (Å²) in [4.78, 5) is 34.5. The Labute approximate surface area is 182 Å². The first-order chi connectivity index (χ1) is 15.4. The Morgan fingerprint density at radius 3 is 2.59 bits per heavy atom. The van der Waals surface area contributed by atoms with Gasteiger partial charge in [0.05, 0.1) is 23.6 Å². The molecular formula is C22H17N5O5. The lowest BCUT2D eigenvalue weighted by Crippen LogP contribution is -2.32. The Hall–Kier alpha value is -4.78. The molecular weight excluding hydrogens is 414 g/mol. The number of hydrazone groups is 1. The Bertz CT molecular complexity index is 1240. The molecule has 10 heteroatoms. The van der Waals surface area contributed by atoms with E-state index in [-0.39, 0.29) is 17.9 Å². The average molecular weight is 431 g/mol. The largest absolute Gasteiger partial charge is 0.455 e. The van der Waals surface area contributed by atoms with Crippen LogP contribution in [0.1, 0.15) is 16.9 Å². The van der Waals surface area contributed by atoms with Crippen LogP contribution in [0.3, 0.4) is 0 Å². The van der Waals surface area contributed by atoms with Gasteiger partial charge in [-0.2, -0.15) is 10.4 Å². The highest BCUT2D eigenvalue weighted by Gasteiger charge is 2.16. The van der Waals surface area contributed by atoms with Crippen LogP contribution >= 0.6 is 0 Å². The van der Waals surface area contributed by atoms with E-state index in [1.54, 1.807) is 55.5 Å². The van der Waals surface area contributed by atoms with Crippen molar-refractivity contribution in [2.75, 3.05) is 5.32 Å². The third-order valence-electron chi connectivity index (χ3n) is 4.45. The number of nitrogens with one attached hydrogen (secondary N) is 2. The molecule has 2 N–H and O–H groups in total. The van der Waals surface area contributed by atoms with Gasteiger partial charge in [0.2, 0.25) is 0 Å². The number of carbonyl (C=O) groups excluding carboxylic acids is 2. The monoisotopic (exact) mass is 431 g/mol. The summed E-state index contributed by atoms with van der Waals surface area (Å²) in [6.45, 7) is 1.62. The number of nitro groups is 1. The van der Waals surface area contributed by atoms with Crippen molar-refractivity contribution >= 4 is 29.4 Å². The Kier molecular flexibility index (Phi) is 6.72. The van der Waals surface area contributed by atoms with Gasteiger partial charge in [-0.05, 0) is 36.8 Å². The highest BCUT2D eigenvalue weighted by atomic mass is 16.6. The van der Waals surface area contributed by atoms with E-state index < -0.39 is 16.7 Å². The summed E-state index contributed by atoms with van der Waals surface area (Å²) in [7, 11) is 0. The van der Waals surface area contributed by atoms with E-state index in [0.29, 0.717) is 22.6 Å². The summed E-state index contributed by atoms with van der Waals surface area (Å²) in [5.41, 5.74) is 4.28. The maximum Gasteiger partial charge on any atom is 0.329 e. The molecule has 0 unspecified atom stereocenters. The van der Waals surface area contributed by atoms with E-state index in [1.807, 2.05) is 6.07 Å². The molecule has 32 heavy (non-hydrogen) atoms. The fourth-order valence-electron chi connectivity index (χ4n) is 2.85. The molecule has 160 valence electrons. The molecule has 2 amide bonds. The number of hydrogen-bond donors (Lipinski definition) is 2. The third kappa shape index (κ3) is 5.22. The number of benzene rings is 2. The van der Waals surface area contributed by atoms with Gasteiger partial charge in [-0.25, -0.2) is 5.43 Å². The zero-order valence-corrected chi connectivity index (χ0v) is 16.9. The molecule has 0 atom stereocenters. The van der Waals surface area contributed by atoms with Crippen molar-refractivity contribution < 1.29 is 18.9 Å². The van der Waals surface area contributed by atoms with Gasteiger partial charge in [-0.3, -0.25) is 19.7 Å². The minimum absolute atomic E-state index is 0.0212. The second kappa shape index (κ2) is 9.82. The topological polar surface area (TPSA) is 151 Å². The molecule has 0 aliphatic rings. The first-order valence-electron chi connectivity index (χ1n) is 9.33. The summed E-state index contributed by atoms with van der Waals surface area (Å²) < 4.78 is 5.61. The number of nitriles is 1. The molecule has 1 aromatic heterocycles. The lowest BCUT2D eigenvalue weighted by Gasteiger charge is -2.04. The van der Waals surface area contributed by atoms with Crippen LogP contribution in [0, 0.1) is 28.4 Å². The summed E-state index contributed by atoms with van der Waals surface area (Å²) in [5.74, 6) is -1.22. The minimum Gasteiger partial charge on any atom is -0.455 e. The Morgan fingerprint density at radius 2 is 1.91 bits per heavy atom. The lowest BCUT2D eigenvalue weighted by molar-refractivity contribution is -0.385. The molecule has 1 heterocycles. The number of furan rings is 1. The molecule has 3 rings (SSSR count). The fourth-order valence-corrected chi connectivity index (χ4v) is 2.85. The number of anilines is 1. The highest BCUT2D eigenvalue weighted by Crippen LogP contribution is 2.30. The van der Waals surface area contributed by atoms with E-state index in [4.69, 9.17) is 9.68 Å². The molecule has 2 aromatic carbocycles. The van der Waals surface area contributed by atoms with Gasteiger partial charge in [0.1, 0.15) is 11.5 Å². The second-order valence-corrected chi connectivity index (χ2v) is 6.59. The van der Waals surface area contributed by atoms with Crippen LogP contribution in [0.5, 0.6) is 0 Å². The standard InChI is InChI=1S/C22H17N5O5/c1-14-18(3-2-4-19(14)27(30)31)20-10-9-17(32-20)13-24-26-22(29)21(28)25-16-7-5-15(6-8-16)11-12-23/h2-10,13H,11H2,1H3,(H,25,28)(H,26,29)/b24-13+. The molecule has 0 fully saturated rings. The van der Waals surface area contributed by atoms with Crippen molar-refractivity contribution in [1.29, 1.82) is 5.26 Å². The van der Waals surface area contributed by atoms with Gasteiger partial charge in [0.15, 0.2) is 0 Å². The van der Waals surface area contributed by atoms with E-state index in [9.17, 15) is 19.7 Å². The van der Waals surface area contributed by atoms with Gasteiger partial charge in [0, 0.05) is 22.9 Å². The number of amides is 2. The maximum atomic E-state index is 12.0. The first kappa shape index (κ1) is 21.9. The summed E-state index contributed by atoms with van der Waals surface area (Å²) in [5, 5.41) is 25.9. The number of hydrogen-bond acceptors (Lipinski definition) is 7. The number of nitro benzene ring substituents is 1. The van der Waals surface area contributed by atoms with Crippen LogP contribution in [0.25, 0.3) is 11.3 Å². The molecule has 0 saturated heterocycles. The van der Waals surface area contributed by atoms with E-state index in [0.717, 1.165) is 5.56 Å². The molecule has 3 aromatic rings. The summed E-state index contributed by atoms with van der Waals surface area (Å²) in [6, 6.07) is 16.4. The van der Waals surface area contributed by atoms with Crippen LogP contribution in [0.15, 0.2) is 64.1 Å². The number of carbonyl (C=O) groups is 2. The Morgan fingerprint density at radius 1 is 1.16 bits per heavy atom. The van der Waals surface area contributed by atoms with Gasteiger partial charge in [-0.1, -0.05) is 24.3 Å². The molecule has 0 spiro atoms. The summed E-state index contributed by atoms with van der Waals surface area (Å²) in [6.07, 6.45) is 1.46. The first-order valence-corrected chi connectivity index (χ1v) is 9.33. The third-order valence-corrected chi connectivity index (χ3v) is 4.45. The quantitative estimate of drug-likeness (QED) is 0.264. The zero-order chi connectivity index (χ0) is 23.1. The fraction of sp³-hybridized carbons (Fsp3) is 0.0909. The van der Waals surface area contributed by atoms with Crippen molar-refractivity contribution in [3.05, 3.63) is 81.6 Å². The summed E-state index contributed by atoms with van der Waals surface area (Å²) >= 11 is 0. The predicted molar refractivity (Wildman–Crippen MR) is 116 cm³/mol. The molecule has 0 aliphatic heterocycles. The van der Waals surface area contributed by atoms with Crippen molar-refractivity contribution in [2.24, 2.45) is 5.10 Å². The second-order valence-electron chi connectivity index (χ2n) is 6.59. The molecule has 0 aliphatic carbocycles. The van der Waals surface area contributed by atoms with Crippen LogP contribution in [0.2, 0.25) is 0 Å². The van der Waals surface area contributed by atoms with Crippen molar-refractivity contribution in [2.45, 2.75) is 13.3 Å². The van der Waals surface area contributed by atoms with Gasteiger partial charge >= 0.3 is 11.8 Å². The van der Waals surface area contributed by atoms with E-state index in [1.165, 1.54) is 12.3 Å². The SMILES string of the molecule is Cc1c(-c2ccc(/C=N/NC(=O)C(=O)Nc3ccc(CC#N)cc3)o2)cccc1[N+](=O)[O-]. The molecule has 0 saturated carbocycles. The van der Waals surface area contributed by atoms with Crippen LogP contribution in [0.4, 0.5) is 11.4 Å². The van der Waals surface area contributed by atoms with Crippen LogP contribution < -0.4 is 10.7 Å². The predicted octanol–water partition coefficient (Wildman–Crippen LogP) is 3.32. The normalized spacial score (nSPS) is 10.5. The van der Waals surface area contributed by atoms with Gasteiger partial charge < -0.3 is 9.73 Å². The minimum atomic E-state index is -0.983. The maximum absolute atomic E-state index is 12.0. The van der Waals surface area contributed by atoms with Crippen molar-refractivity contribution in [3.63, 3.8) is 0 Å². The van der Waals surface area contributed by atoms with Crippen molar-refractivity contribution in [1.82, 2.24) is 5.43 Å². The number of rotatable bonds is 6. The Balaban J connectivity index is 1.60.